The van der Waals surface area contributed by atoms with Crippen molar-refractivity contribution in [1.82, 2.24) is 14.4 Å². The number of furan rings is 1. The molecular weight excluding hydrogens is 438 g/mol. The molecule has 0 atom stereocenters. The molecule has 0 unspecified atom stereocenters. The first kappa shape index (κ1) is 24.6. The number of carbonyl (C=O) groups is 2. The maximum atomic E-state index is 13.3. The van der Waals surface area contributed by atoms with Crippen LogP contribution in [0.25, 0.3) is 0 Å². The largest absolute Gasteiger partial charge is 0.467 e. The molecule has 0 bridgehead atoms. The predicted octanol–water partition coefficient (Wildman–Crippen LogP) is 4.39. The average Bonchev–Trinajstić information content (AvgIpc) is 3.48. The lowest BCUT2D eigenvalue weighted by Crippen LogP contribution is -2.44. The molecule has 0 saturated carbocycles. The van der Waals surface area contributed by atoms with E-state index in [1.54, 1.807) is 23.3 Å². The number of unbranched alkanes of at least 4 members (excludes halogenated alkanes) is 1. The smallest absolute Gasteiger partial charge is 0.322 e. The number of aromatic nitrogens is 1. The zero-order chi connectivity index (χ0) is 24.5. The van der Waals surface area contributed by atoms with Gasteiger partial charge in [-0.2, -0.15) is 0 Å². The number of amides is 3. The highest BCUT2D eigenvalue weighted by Crippen LogP contribution is 2.17. The van der Waals surface area contributed by atoms with E-state index >= 15 is 0 Å². The topological polar surface area (TPSA) is 114 Å². The highest BCUT2D eigenvalue weighted by Gasteiger charge is 2.23. The SMILES string of the molecule is CCCCN(CC(=O)N(Cc1ccco1)Cc1cccn1C)C(=O)Nc1ccc([N+](=O)[O-])cc1. The number of anilines is 1. The Kier molecular flexibility index (Phi) is 8.44. The van der Waals surface area contributed by atoms with Gasteiger partial charge >= 0.3 is 6.03 Å². The summed E-state index contributed by atoms with van der Waals surface area (Å²) in [5.74, 6) is 0.436. The van der Waals surface area contributed by atoms with Crippen molar-refractivity contribution in [2.45, 2.75) is 32.9 Å². The molecule has 2 heterocycles. The number of nitrogens with one attached hydrogen (secondary N) is 1. The second kappa shape index (κ2) is 11.7. The fourth-order valence-electron chi connectivity index (χ4n) is 3.41. The third kappa shape index (κ3) is 6.71. The normalized spacial score (nSPS) is 10.6. The van der Waals surface area contributed by atoms with Crippen molar-refractivity contribution in [3.05, 3.63) is 82.6 Å². The minimum atomic E-state index is -0.502. The number of hydrogen-bond acceptors (Lipinski definition) is 5. The summed E-state index contributed by atoms with van der Waals surface area (Å²) >= 11 is 0. The maximum Gasteiger partial charge on any atom is 0.322 e. The Balaban J connectivity index is 1.73. The van der Waals surface area contributed by atoms with Gasteiger partial charge in [0.25, 0.3) is 5.69 Å². The number of urea groups is 1. The summed E-state index contributed by atoms with van der Waals surface area (Å²) in [7, 11) is 1.91. The van der Waals surface area contributed by atoms with Crippen molar-refractivity contribution in [1.29, 1.82) is 0 Å². The zero-order valence-electron chi connectivity index (χ0n) is 19.3. The molecule has 3 rings (SSSR count). The van der Waals surface area contributed by atoms with E-state index in [1.165, 1.54) is 29.2 Å². The summed E-state index contributed by atoms with van der Waals surface area (Å²) in [4.78, 5) is 39.8. The van der Waals surface area contributed by atoms with Crippen molar-refractivity contribution in [2.24, 2.45) is 7.05 Å². The summed E-state index contributed by atoms with van der Waals surface area (Å²) in [5, 5.41) is 13.6. The van der Waals surface area contributed by atoms with E-state index in [0.717, 1.165) is 18.5 Å². The molecule has 0 saturated heterocycles. The van der Waals surface area contributed by atoms with Gasteiger partial charge in [0.05, 0.1) is 24.3 Å². The summed E-state index contributed by atoms with van der Waals surface area (Å²) in [5.41, 5.74) is 1.31. The number of non-ortho nitro benzene ring substituents is 1. The summed E-state index contributed by atoms with van der Waals surface area (Å²) < 4.78 is 7.39. The third-order valence-electron chi connectivity index (χ3n) is 5.41. The van der Waals surface area contributed by atoms with E-state index in [2.05, 4.69) is 5.32 Å². The average molecular weight is 468 g/mol. The van der Waals surface area contributed by atoms with Gasteiger partial charge in [0, 0.05) is 43.3 Å². The van der Waals surface area contributed by atoms with Gasteiger partial charge < -0.3 is 24.1 Å². The highest BCUT2D eigenvalue weighted by atomic mass is 16.6. The molecule has 3 amide bonds. The van der Waals surface area contributed by atoms with Crippen molar-refractivity contribution in [2.75, 3.05) is 18.4 Å². The first-order valence-electron chi connectivity index (χ1n) is 11.1. The summed E-state index contributed by atoms with van der Waals surface area (Å²) in [6, 6.07) is 12.6. The molecule has 1 aromatic carbocycles. The lowest BCUT2D eigenvalue weighted by atomic mass is 10.2. The fourth-order valence-corrected chi connectivity index (χ4v) is 3.41. The van der Waals surface area contributed by atoms with Crippen LogP contribution in [0.1, 0.15) is 31.2 Å². The van der Waals surface area contributed by atoms with Crippen molar-refractivity contribution < 1.29 is 18.9 Å². The Morgan fingerprint density at radius 2 is 1.85 bits per heavy atom. The van der Waals surface area contributed by atoms with Crippen LogP contribution in [0.3, 0.4) is 0 Å². The number of nitro groups is 1. The van der Waals surface area contributed by atoms with E-state index in [0.29, 0.717) is 24.5 Å². The van der Waals surface area contributed by atoms with Crippen LogP contribution >= 0.6 is 0 Å². The predicted molar refractivity (Wildman–Crippen MR) is 127 cm³/mol. The molecule has 0 radical (unpaired) electrons. The van der Waals surface area contributed by atoms with Gasteiger partial charge in [-0.1, -0.05) is 13.3 Å². The number of benzene rings is 1. The third-order valence-corrected chi connectivity index (χ3v) is 5.41. The molecule has 34 heavy (non-hydrogen) atoms. The fraction of sp³-hybridized carbons (Fsp3) is 0.333. The highest BCUT2D eigenvalue weighted by molar-refractivity contribution is 5.92. The van der Waals surface area contributed by atoms with Crippen LogP contribution in [-0.2, 0) is 24.9 Å². The first-order chi connectivity index (χ1) is 16.4. The molecule has 1 N–H and O–H groups in total. The van der Waals surface area contributed by atoms with Crippen molar-refractivity contribution >= 4 is 23.3 Å². The minimum absolute atomic E-state index is 0.0646. The zero-order valence-corrected chi connectivity index (χ0v) is 19.3. The molecule has 0 aliphatic carbocycles. The van der Waals surface area contributed by atoms with E-state index in [4.69, 9.17) is 4.42 Å². The van der Waals surface area contributed by atoms with Gasteiger partial charge in [-0.25, -0.2) is 4.79 Å². The van der Waals surface area contributed by atoms with Gasteiger partial charge in [0.2, 0.25) is 5.91 Å². The van der Waals surface area contributed by atoms with Gasteiger partial charge in [-0.3, -0.25) is 14.9 Å². The molecule has 0 fully saturated rings. The quantitative estimate of drug-likeness (QED) is 0.332. The minimum Gasteiger partial charge on any atom is -0.467 e. The van der Waals surface area contributed by atoms with Crippen LogP contribution < -0.4 is 5.32 Å². The lowest BCUT2D eigenvalue weighted by Gasteiger charge is -2.27. The van der Waals surface area contributed by atoms with Crippen molar-refractivity contribution in [3.8, 4) is 0 Å². The van der Waals surface area contributed by atoms with Gasteiger partial charge in [0.1, 0.15) is 12.3 Å². The lowest BCUT2D eigenvalue weighted by molar-refractivity contribution is -0.384. The number of carbonyl (C=O) groups excluding carboxylic acids is 2. The van der Waals surface area contributed by atoms with E-state index in [1.807, 2.05) is 36.9 Å². The van der Waals surface area contributed by atoms with Gasteiger partial charge in [-0.15, -0.1) is 0 Å². The second-order valence-electron chi connectivity index (χ2n) is 7.95. The van der Waals surface area contributed by atoms with E-state index in [-0.39, 0.29) is 24.7 Å². The monoisotopic (exact) mass is 467 g/mol. The van der Waals surface area contributed by atoms with Crippen LogP contribution in [0.5, 0.6) is 0 Å². The van der Waals surface area contributed by atoms with Gasteiger partial charge in [-0.05, 0) is 42.8 Å². The maximum absolute atomic E-state index is 13.3. The standard InChI is InChI=1S/C24H29N5O5/c1-3-4-14-27(24(31)25-19-9-11-20(12-10-19)29(32)33)18-23(30)28(17-22-8-6-15-34-22)16-21-7-5-13-26(21)2/h5-13,15H,3-4,14,16-18H2,1-2H3,(H,25,31). The van der Waals surface area contributed by atoms with Crippen LogP contribution in [0.2, 0.25) is 0 Å². The molecule has 3 aromatic rings. The Labute approximate surface area is 197 Å². The van der Waals surface area contributed by atoms with E-state index < -0.39 is 11.0 Å². The molecule has 10 nitrogen and oxygen atoms in total. The summed E-state index contributed by atoms with van der Waals surface area (Å²) in [6.45, 7) is 2.95. The summed E-state index contributed by atoms with van der Waals surface area (Å²) in [6.07, 6.45) is 5.06. The molecule has 0 spiro atoms. The van der Waals surface area contributed by atoms with E-state index in [9.17, 15) is 19.7 Å². The number of nitrogens with zero attached hydrogens (tertiary/aromatic N) is 4. The Morgan fingerprint density at radius 3 is 2.44 bits per heavy atom. The number of aryl methyl sites for hydroxylation is 1. The number of nitro benzene ring substituents is 1. The Morgan fingerprint density at radius 1 is 1.09 bits per heavy atom. The number of hydrogen-bond donors (Lipinski definition) is 1. The molecular formula is C24H29N5O5. The van der Waals surface area contributed by atoms with Crippen molar-refractivity contribution in [3.63, 3.8) is 0 Å². The van der Waals surface area contributed by atoms with Gasteiger partial charge in [0.15, 0.2) is 0 Å². The molecule has 0 aliphatic heterocycles. The van der Waals surface area contributed by atoms with Crippen LogP contribution in [0.15, 0.2) is 65.4 Å². The van der Waals surface area contributed by atoms with Crippen LogP contribution in [0.4, 0.5) is 16.2 Å². The first-order valence-corrected chi connectivity index (χ1v) is 11.1. The van der Waals surface area contributed by atoms with Crippen LogP contribution in [-0.4, -0.2) is 44.3 Å². The second-order valence-corrected chi connectivity index (χ2v) is 7.95. The molecule has 180 valence electrons. The Hall–Kier alpha value is -4.08. The van der Waals surface area contributed by atoms with Crippen LogP contribution in [0, 0.1) is 10.1 Å². The number of rotatable bonds is 11. The molecule has 0 aliphatic rings. The molecule has 10 heteroatoms. The molecule has 2 aromatic heterocycles. The Bertz CT molecular complexity index is 1090.